The zero-order chi connectivity index (χ0) is 16.0. The highest BCUT2D eigenvalue weighted by atomic mass is 35.5. The molecule has 0 amide bonds. The second kappa shape index (κ2) is 7.92. The quantitative estimate of drug-likeness (QED) is 0.517. The van der Waals surface area contributed by atoms with Gasteiger partial charge in [-0.3, -0.25) is 4.99 Å². The van der Waals surface area contributed by atoms with Crippen molar-refractivity contribution in [1.82, 2.24) is 15.2 Å². The average molecular weight is 343 g/mol. The van der Waals surface area contributed by atoms with Crippen LogP contribution in [-0.4, -0.2) is 59.6 Å². The lowest BCUT2D eigenvalue weighted by molar-refractivity contribution is 0.305. The molecule has 1 fully saturated rings. The van der Waals surface area contributed by atoms with Gasteiger partial charge in [-0.25, -0.2) is 4.98 Å². The van der Waals surface area contributed by atoms with Crippen molar-refractivity contribution in [3.8, 4) is 5.88 Å². The van der Waals surface area contributed by atoms with Crippen molar-refractivity contribution in [1.29, 1.82) is 0 Å². The molecule has 122 valence electrons. The fourth-order valence-electron chi connectivity index (χ4n) is 2.32. The van der Waals surface area contributed by atoms with Gasteiger partial charge in [0.15, 0.2) is 5.96 Å². The fraction of sp³-hybridized carbons (Fsp3) is 0.600. The number of nitrogens with zero attached hydrogens (tertiary/aromatic N) is 3. The molecular formula is C15H23ClN4OS. The molecule has 0 radical (unpaired) electrons. The van der Waals surface area contributed by atoms with Crippen molar-refractivity contribution >= 4 is 29.3 Å². The lowest BCUT2D eigenvalue weighted by atomic mass is 10.2. The predicted molar refractivity (Wildman–Crippen MR) is 94.2 cm³/mol. The highest BCUT2D eigenvalue weighted by molar-refractivity contribution is 8.00. The molecule has 1 aromatic rings. The fourth-order valence-corrected chi connectivity index (χ4v) is 3.60. The van der Waals surface area contributed by atoms with E-state index in [1.165, 1.54) is 0 Å². The summed E-state index contributed by atoms with van der Waals surface area (Å²) in [5.74, 6) is 2.51. The van der Waals surface area contributed by atoms with Gasteiger partial charge >= 0.3 is 0 Å². The van der Waals surface area contributed by atoms with E-state index >= 15 is 0 Å². The third-order valence-electron chi connectivity index (χ3n) is 3.29. The summed E-state index contributed by atoms with van der Waals surface area (Å²) in [7, 11) is 1.81. The first kappa shape index (κ1) is 17.2. The summed E-state index contributed by atoms with van der Waals surface area (Å²) in [6.07, 6.45) is 1.67. The van der Waals surface area contributed by atoms with E-state index in [2.05, 4.69) is 34.0 Å². The molecule has 2 heterocycles. The summed E-state index contributed by atoms with van der Waals surface area (Å²) >= 11 is 8.01. The van der Waals surface area contributed by atoms with Crippen LogP contribution in [0.15, 0.2) is 23.3 Å². The van der Waals surface area contributed by atoms with Crippen molar-refractivity contribution in [2.45, 2.75) is 18.6 Å². The predicted octanol–water partition coefficient (Wildman–Crippen LogP) is 2.52. The van der Waals surface area contributed by atoms with Crippen molar-refractivity contribution < 1.29 is 4.74 Å². The van der Waals surface area contributed by atoms with E-state index in [0.29, 0.717) is 24.1 Å². The van der Waals surface area contributed by atoms with Crippen LogP contribution in [0.4, 0.5) is 0 Å². The van der Waals surface area contributed by atoms with Crippen LogP contribution in [0.1, 0.15) is 13.8 Å². The topological polar surface area (TPSA) is 49.8 Å². The standard InChI is InChI=1S/C15H23ClN4OS/c1-15(2)11-20(8-10-22-15)14(17-3)19-7-9-21-13-12(16)5-4-6-18-13/h4-6H,7-11H2,1-3H3,(H,17,19). The van der Waals surface area contributed by atoms with Gasteiger partial charge in [0.1, 0.15) is 11.6 Å². The van der Waals surface area contributed by atoms with Crippen molar-refractivity contribution in [3.05, 3.63) is 23.4 Å². The number of guanidine groups is 1. The first-order chi connectivity index (χ1) is 10.5. The highest BCUT2D eigenvalue weighted by Gasteiger charge is 2.28. The molecule has 5 nitrogen and oxygen atoms in total. The minimum Gasteiger partial charge on any atom is -0.475 e. The Morgan fingerprint density at radius 3 is 3.09 bits per heavy atom. The molecule has 0 atom stereocenters. The number of ether oxygens (including phenoxy) is 1. The number of hydrogen-bond donors (Lipinski definition) is 1. The lowest BCUT2D eigenvalue weighted by Gasteiger charge is -2.39. The number of hydrogen-bond acceptors (Lipinski definition) is 4. The van der Waals surface area contributed by atoms with Crippen LogP contribution in [0.2, 0.25) is 5.02 Å². The van der Waals surface area contributed by atoms with E-state index in [1.807, 2.05) is 18.8 Å². The number of rotatable bonds is 4. The van der Waals surface area contributed by atoms with E-state index < -0.39 is 0 Å². The van der Waals surface area contributed by atoms with Crippen LogP contribution in [0.25, 0.3) is 0 Å². The summed E-state index contributed by atoms with van der Waals surface area (Å²) in [5.41, 5.74) is 0. The summed E-state index contributed by atoms with van der Waals surface area (Å²) in [6, 6.07) is 3.55. The van der Waals surface area contributed by atoms with Gasteiger partial charge in [0.05, 0.1) is 6.54 Å². The maximum Gasteiger partial charge on any atom is 0.232 e. The number of halogens is 1. The Kier molecular flexibility index (Phi) is 6.20. The molecule has 0 saturated carbocycles. The molecule has 2 rings (SSSR count). The van der Waals surface area contributed by atoms with Crippen LogP contribution >= 0.6 is 23.4 Å². The maximum absolute atomic E-state index is 6.00. The Morgan fingerprint density at radius 2 is 2.41 bits per heavy atom. The van der Waals surface area contributed by atoms with E-state index in [0.717, 1.165) is 24.8 Å². The zero-order valence-electron chi connectivity index (χ0n) is 13.3. The van der Waals surface area contributed by atoms with Gasteiger partial charge in [-0.2, -0.15) is 11.8 Å². The van der Waals surface area contributed by atoms with Gasteiger partial charge in [-0.15, -0.1) is 0 Å². The molecule has 1 saturated heterocycles. The molecule has 7 heteroatoms. The van der Waals surface area contributed by atoms with E-state index in [1.54, 1.807) is 18.3 Å². The molecule has 22 heavy (non-hydrogen) atoms. The van der Waals surface area contributed by atoms with Crippen LogP contribution < -0.4 is 10.1 Å². The first-order valence-electron chi connectivity index (χ1n) is 7.35. The Balaban J connectivity index is 1.78. The summed E-state index contributed by atoms with van der Waals surface area (Å²) in [5, 5.41) is 3.87. The highest BCUT2D eigenvalue weighted by Crippen LogP contribution is 2.29. The third-order valence-corrected chi connectivity index (χ3v) is 4.87. The Labute approximate surface area is 141 Å². The Morgan fingerprint density at radius 1 is 1.59 bits per heavy atom. The SMILES string of the molecule is CN=C(NCCOc1ncccc1Cl)N1CCSC(C)(C)C1. The average Bonchev–Trinajstić information content (AvgIpc) is 2.48. The van der Waals surface area contributed by atoms with E-state index in [9.17, 15) is 0 Å². The Hall–Kier alpha value is -1.14. The van der Waals surface area contributed by atoms with Crippen molar-refractivity contribution in [3.63, 3.8) is 0 Å². The van der Waals surface area contributed by atoms with Gasteiger partial charge in [-0.1, -0.05) is 11.6 Å². The van der Waals surface area contributed by atoms with Gasteiger partial charge < -0.3 is 15.0 Å². The van der Waals surface area contributed by atoms with Gasteiger partial charge in [0.2, 0.25) is 5.88 Å². The number of pyridine rings is 1. The second-order valence-corrected chi connectivity index (χ2v) is 7.85. The number of aliphatic imine (C=N–C) groups is 1. The largest absolute Gasteiger partial charge is 0.475 e. The molecule has 0 spiro atoms. The van der Waals surface area contributed by atoms with Crippen molar-refractivity contribution in [2.24, 2.45) is 4.99 Å². The van der Waals surface area contributed by atoms with E-state index in [4.69, 9.17) is 16.3 Å². The van der Waals surface area contributed by atoms with Gasteiger partial charge in [0, 0.05) is 36.8 Å². The van der Waals surface area contributed by atoms with Gasteiger partial charge in [0.25, 0.3) is 0 Å². The number of aromatic nitrogens is 1. The van der Waals surface area contributed by atoms with Crippen LogP contribution in [0.5, 0.6) is 5.88 Å². The monoisotopic (exact) mass is 342 g/mol. The third kappa shape index (κ3) is 4.95. The minimum atomic E-state index is 0.258. The van der Waals surface area contributed by atoms with Crippen LogP contribution in [-0.2, 0) is 0 Å². The molecule has 0 bridgehead atoms. The molecule has 1 aliphatic rings. The maximum atomic E-state index is 6.00. The van der Waals surface area contributed by atoms with Crippen molar-refractivity contribution in [2.75, 3.05) is 39.0 Å². The van der Waals surface area contributed by atoms with Crippen LogP contribution in [0.3, 0.4) is 0 Å². The molecule has 0 aliphatic carbocycles. The molecule has 1 aliphatic heterocycles. The first-order valence-corrected chi connectivity index (χ1v) is 8.71. The minimum absolute atomic E-state index is 0.258. The summed E-state index contributed by atoms with van der Waals surface area (Å²) < 4.78 is 5.83. The second-order valence-electron chi connectivity index (χ2n) is 5.64. The smallest absolute Gasteiger partial charge is 0.232 e. The molecule has 1 aromatic heterocycles. The van der Waals surface area contributed by atoms with Gasteiger partial charge in [-0.05, 0) is 26.0 Å². The molecule has 1 N–H and O–H groups in total. The number of nitrogens with one attached hydrogen (secondary N) is 1. The van der Waals surface area contributed by atoms with E-state index in [-0.39, 0.29) is 4.75 Å². The summed E-state index contributed by atoms with van der Waals surface area (Å²) in [6.45, 7) is 7.68. The normalized spacial score (nSPS) is 18.2. The van der Waals surface area contributed by atoms with Crippen LogP contribution in [0, 0.1) is 0 Å². The lowest BCUT2D eigenvalue weighted by Crippen LogP contribution is -2.51. The molecule has 0 aromatic carbocycles. The zero-order valence-corrected chi connectivity index (χ0v) is 14.9. The number of thioether (sulfide) groups is 1. The molecular weight excluding hydrogens is 320 g/mol. The Bertz CT molecular complexity index is 524. The summed E-state index contributed by atoms with van der Waals surface area (Å²) in [4.78, 5) is 10.8. The molecule has 0 unspecified atom stereocenters.